The number of hydrogen-bond donors (Lipinski definition) is 3. The zero-order valence-electron chi connectivity index (χ0n) is 12.3. The molecule has 7 nitrogen and oxygen atoms in total. The number of methoxy groups -OCH3 is 1. The van der Waals surface area contributed by atoms with Gasteiger partial charge in [0, 0.05) is 11.3 Å². The van der Waals surface area contributed by atoms with Gasteiger partial charge in [0.2, 0.25) is 0 Å². The van der Waals surface area contributed by atoms with Gasteiger partial charge >= 0.3 is 11.8 Å². The molecule has 0 aliphatic heterocycles. The van der Waals surface area contributed by atoms with Crippen molar-refractivity contribution in [3.05, 3.63) is 54.1 Å². The van der Waals surface area contributed by atoms with Crippen LogP contribution in [0.3, 0.4) is 0 Å². The Bertz CT molecular complexity index is 726. The van der Waals surface area contributed by atoms with Crippen molar-refractivity contribution in [3.8, 4) is 11.5 Å². The molecule has 0 bridgehead atoms. The molecule has 2 rings (SSSR count). The Labute approximate surface area is 132 Å². The van der Waals surface area contributed by atoms with Crippen LogP contribution in [0.15, 0.2) is 53.6 Å². The lowest BCUT2D eigenvalue weighted by molar-refractivity contribution is -0.136. The van der Waals surface area contributed by atoms with Crippen LogP contribution in [0.25, 0.3) is 0 Å². The third kappa shape index (κ3) is 4.57. The molecule has 0 radical (unpaired) electrons. The van der Waals surface area contributed by atoms with Crippen LogP contribution in [0.4, 0.5) is 5.69 Å². The quantitative estimate of drug-likeness (QED) is 0.452. The fraction of sp³-hybridized carbons (Fsp3) is 0.0625. The third-order valence-corrected chi connectivity index (χ3v) is 2.86. The lowest BCUT2D eigenvalue weighted by Crippen LogP contribution is -2.32. The second-order valence-electron chi connectivity index (χ2n) is 4.44. The van der Waals surface area contributed by atoms with Crippen molar-refractivity contribution in [1.29, 1.82) is 0 Å². The molecule has 0 saturated carbocycles. The van der Waals surface area contributed by atoms with Crippen molar-refractivity contribution in [2.45, 2.75) is 0 Å². The number of rotatable bonds is 4. The number of anilines is 1. The van der Waals surface area contributed by atoms with Crippen LogP contribution in [0.1, 0.15) is 5.56 Å². The van der Waals surface area contributed by atoms with E-state index in [1.807, 2.05) is 0 Å². The Morgan fingerprint density at radius 2 is 1.78 bits per heavy atom. The SMILES string of the molecule is COc1ccc(NC(=O)C(=O)N/N=C/c2ccccc2O)cc1. The highest BCUT2D eigenvalue weighted by Crippen LogP contribution is 2.15. The van der Waals surface area contributed by atoms with Gasteiger partial charge in [-0.3, -0.25) is 9.59 Å². The number of hydrogen-bond acceptors (Lipinski definition) is 5. The highest BCUT2D eigenvalue weighted by Gasteiger charge is 2.12. The highest BCUT2D eigenvalue weighted by atomic mass is 16.5. The van der Waals surface area contributed by atoms with Crippen molar-refractivity contribution in [2.75, 3.05) is 12.4 Å². The maximum atomic E-state index is 11.7. The molecule has 0 saturated heterocycles. The van der Waals surface area contributed by atoms with E-state index < -0.39 is 11.8 Å². The summed E-state index contributed by atoms with van der Waals surface area (Å²) < 4.78 is 4.99. The predicted molar refractivity (Wildman–Crippen MR) is 85.5 cm³/mol. The molecule has 23 heavy (non-hydrogen) atoms. The fourth-order valence-corrected chi connectivity index (χ4v) is 1.67. The van der Waals surface area contributed by atoms with Crippen molar-refractivity contribution >= 4 is 23.7 Å². The molecule has 118 valence electrons. The summed E-state index contributed by atoms with van der Waals surface area (Å²) >= 11 is 0. The van der Waals surface area contributed by atoms with Crippen LogP contribution in [0, 0.1) is 0 Å². The molecule has 3 N–H and O–H groups in total. The number of hydrazone groups is 1. The minimum atomic E-state index is -0.924. The number of amides is 2. The Morgan fingerprint density at radius 1 is 1.09 bits per heavy atom. The van der Waals surface area contributed by atoms with Crippen LogP contribution >= 0.6 is 0 Å². The molecule has 2 amide bonds. The first-order chi connectivity index (χ1) is 11.1. The minimum Gasteiger partial charge on any atom is -0.507 e. The number of benzene rings is 2. The number of nitrogens with zero attached hydrogens (tertiary/aromatic N) is 1. The molecular weight excluding hydrogens is 298 g/mol. The Morgan fingerprint density at radius 3 is 2.43 bits per heavy atom. The molecule has 0 heterocycles. The van der Waals surface area contributed by atoms with Crippen molar-refractivity contribution in [3.63, 3.8) is 0 Å². The molecule has 0 aliphatic carbocycles. The number of phenols is 1. The van der Waals surface area contributed by atoms with Crippen LogP contribution in [0.2, 0.25) is 0 Å². The zero-order chi connectivity index (χ0) is 16.7. The average Bonchev–Trinajstić information content (AvgIpc) is 2.57. The van der Waals surface area contributed by atoms with Gasteiger partial charge in [0.1, 0.15) is 11.5 Å². The maximum absolute atomic E-state index is 11.7. The number of nitrogens with one attached hydrogen (secondary N) is 2. The van der Waals surface area contributed by atoms with Crippen molar-refractivity contribution in [2.24, 2.45) is 5.10 Å². The van der Waals surface area contributed by atoms with E-state index in [2.05, 4.69) is 15.8 Å². The third-order valence-electron chi connectivity index (χ3n) is 2.86. The van der Waals surface area contributed by atoms with Gasteiger partial charge in [-0.05, 0) is 36.4 Å². The molecule has 0 aromatic heterocycles. The van der Waals surface area contributed by atoms with Crippen molar-refractivity contribution < 1.29 is 19.4 Å². The fourth-order valence-electron chi connectivity index (χ4n) is 1.67. The van der Waals surface area contributed by atoms with Crippen LogP contribution in [-0.4, -0.2) is 30.2 Å². The van der Waals surface area contributed by atoms with E-state index in [1.165, 1.54) is 19.4 Å². The molecule has 2 aromatic rings. The summed E-state index contributed by atoms with van der Waals surface area (Å²) in [7, 11) is 1.53. The zero-order valence-corrected chi connectivity index (χ0v) is 12.3. The summed E-state index contributed by atoms with van der Waals surface area (Å²) in [6.45, 7) is 0. The summed E-state index contributed by atoms with van der Waals surface area (Å²) in [5.41, 5.74) is 2.96. The lowest BCUT2D eigenvalue weighted by Gasteiger charge is -2.05. The first-order valence-electron chi connectivity index (χ1n) is 6.66. The van der Waals surface area contributed by atoms with E-state index in [4.69, 9.17) is 4.74 Å². The van der Waals surface area contributed by atoms with Crippen LogP contribution in [0.5, 0.6) is 11.5 Å². The normalized spacial score (nSPS) is 10.3. The smallest absolute Gasteiger partial charge is 0.329 e. The number of para-hydroxylation sites is 1. The van der Waals surface area contributed by atoms with E-state index in [1.54, 1.807) is 42.5 Å². The van der Waals surface area contributed by atoms with Gasteiger partial charge < -0.3 is 15.2 Å². The minimum absolute atomic E-state index is 0.0215. The van der Waals surface area contributed by atoms with E-state index in [-0.39, 0.29) is 5.75 Å². The Balaban J connectivity index is 1.89. The molecule has 7 heteroatoms. The van der Waals surface area contributed by atoms with Gasteiger partial charge in [0.15, 0.2) is 0 Å². The number of aromatic hydroxyl groups is 1. The van der Waals surface area contributed by atoms with Gasteiger partial charge in [-0.1, -0.05) is 12.1 Å². The molecular formula is C16H15N3O4. The molecule has 0 unspecified atom stereocenters. The van der Waals surface area contributed by atoms with E-state index in [9.17, 15) is 14.7 Å². The number of ether oxygens (including phenoxy) is 1. The summed E-state index contributed by atoms with van der Waals surface area (Å²) in [5.74, 6) is -1.12. The predicted octanol–water partition coefficient (Wildman–Crippen LogP) is 1.49. The summed E-state index contributed by atoms with van der Waals surface area (Å²) in [5, 5.41) is 15.6. The van der Waals surface area contributed by atoms with E-state index in [0.29, 0.717) is 17.0 Å². The second-order valence-corrected chi connectivity index (χ2v) is 4.44. The topological polar surface area (TPSA) is 100 Å². The summed E-state index contributed by atoms with van der Waals surface area (Å²) in [6, 6.07) is 13.0. The van der Waals surface area contributed by atoms with Crippen LogP contribution < -0.4 is 15.5 Å². The molecule has 0 atom stereocenters. The van der Waals surface area contributed by atoms with Crippen LogP contribution in [-0.2, 0) is 9.59 Å². The maximum Gasteiger partial charge on any atom is 0.329 e. The van der Waals surface area contributed by atoms with E-state index in [0.717, 1.165) is 0 Å². The Hall–Kier alpha value is -3.35. The van der Waals surface area contributed by atoms with Gasteiger partial charge in [-0.25, -0.2) is 5.43 Å². The summed E-state index contributed by atoms with van der Waals surface area (Å²) in [6.07, 6.45) is 1.24. The molecule has 0 spiro atoms. The monoisotopic (exact) mass is 313 g/mol. The van der Waals surface area contributed by atoms with Gasteiger partial charge in [0.05, 0.1) is 13.3 Å². The van der Waals surface area contributed by atoms with Crippen molar-refractivity contribution in [1.82, 2.24) is 5.43 Å². The highest BCUT2D eigenvalue weighted by molar-refractivity contribution is 6.39. The second kappa shape index (κ2) is 7.60. The van der Waals surface area contributed by atoms with Gasteiger partial charge in [-0.2, -0.15) is 5.10 Å². The van der Waals surface area contributed by atoms with Gasteiger partial charge in [-0.15, -0.1) is 0 Å². The van der Waals surface area contributed by atoms with Gasteiger partial charge in [0.25, 0.3) is 0 Å². The molecule has 0 aliphatic rings. The Kier molecular flexibility index (Phi) is 5.30. The first-order valence-corrected chi connectivity index (χ1v) is 6.66. The number of carbonyl (C=O) groups excluding carboxylic acids is 2. The average molecular weight is 313 g/mol. The number of carbonyl (C=O) groups is 2. The molecule has 2 aromatic carbocycles. The standard InChI is InChI=1S/C16H15N3O4/c1-23-13-8-6-12(7-9-13)18-15(21)16(22)19-17-10-11-4-2-3-5-14(11)20/h2-10,20H,1H3,(H,18,21)(H,19,22)/b17-10+. The van der Waals surface area contributed by atoms with E-state index >= 15 is 0 Å². The lowest BCUT2D eigenvalue weighted by atomic mass is 10.2. The molecule has 0 fully saturated rings. The number of phenolic OH excluding ortho intramolecular Hbond substituents is 1. The largest absolute Gasteiger partial charge is 0.507 e. The summed E-state index contributed by atoms with van der Waals surface area (Å²) in [4.78, 5) is 23.3. The first kappa shape index (κ1) is 16.0.